The van der Waals surface area contributed by atoms with E-state index in [9.17, 15) is 0 Å². The van der Waals surface area contributed by atoms with Crippen LogP contribution in [0.3, 0.4) is 0 Å². The highest BCUT2D eigenvalue weighted by Crippen LogP contribution is 2.21. The Morgan fingerprint density at radius 2 is 1.79 bits per heavy atom. The van der Waals surface area contributed by atoms with Crippen LogP contribution in [0.4, 0.5) is 0 Å². The molecule has 0 amide bonds. The van der Waals surface area contributed by atoms with E-state index in [1.54, 1.807) is 0 Å². The van der Waals surface area contributed by atoms with Gasteiger partial charge in [-0.25, -0.2) is 0 Å². The van der Waals surface area contributed by atoms with Gasteiger partial charge in [0.25, 0.3) is 0 Å². The molecule has 0 spiro atoms. The summed E-state index contributed by atoms with van der Waals surface area (Å²) >= 11 is 0. The molecule has 1 heterocycles. The second kappa shape index (κ2) is 5.72. The van der Waals surface area contributed by atoms with Gasteiger partial charge in [-0.2, -0.15) is 0 Å². The molecule has 1 fully saturated rings. The van der Waals surface area contributed by atoms with E-state index >= 15 is 0 Å². The van der Waals surface area contributed by atoms with E-state index in [4.69, 9.17) is 0 Å². The van der Waals surface area contributed by atoms with Crippen LogP contribution in [0.2, 0.25) is 0 Å². The Balaban J connectivity index is 1.80. The van der Waals surface area contributed by atoms with Crippen molar-refractivity contribution in [1.82, 2.24) is 10.2 Å². The predicted molar refractivity (Wildman–Crippen MR) is 81.3 cm³/mol. The lowest BCUT2D eigenvalue weighted by Crippen LogP contribution is -2.40. The molecule has 0 saturated carbocycles. The molecule has 0 bridgehead atoms. The highest BCUT2D eigenvalue weighted by Gasteiger charge is 2.18. The quantitative estimate of drug-likeness (QED) is 0.905. The van der Waals surface area contributed by atoms with Crippen molar-refractivity contribution < 1.29 is 0 Å². The number of rotatable bonds is 3. The fourth-order valence-corrected chi connectivity index (χ4v) is 3.08. The Morgan fingerprint density at radius 1 is 1.05 bits per heavy atom. The molecule has 1 aliphatic rings. The molecule has 0 aromatic heterocycles. The van der Waals surface area contributed by atoms with Gasteiger partial charge in [0.05, 0.1) is 0 Å². The van der Waals surface area contributed by atoms with Crippen LogP contribution in [0, 0.1) is 0 Å². The third-order valence-corrected chi connectivity index (χ3v) is 4.23. The van der Waals surface area contributed by atoms with E-state index < -0.39 is 0 Å². The number of piperidine rings is 1. The standard InChI is InChI=1S/C17H22N2/c1-19(16-9-11-18-12-10-16)13-15-7-4-6-14-5-2-3-8-17(14)15/h2-8,16,18H,9-13H2,1H3. The fourth-order valence-electron chi connectivity index (χ4n) is 3.08. The van der Waals surface area contributed by atoms with Crippen LogP contribution >= 0.6 is 0 Å². The first-order valence-electron chi connectivity index (χ1n) is 7.22. The van der Waals surface area contributed by atoms with Gasteiger partial charge >= 0.3 is 0 Å². The Bertz CT molecular complexity index is 538. The molecule has 100 valence electrons. The lowest BCUT2D eigenvalue weighted by atomic mass is 10.0. The van der Waals surface area contributed by atoms with Crippen molar-refractivity contribution in [2.24, 2.45) is 0 Å². The third kappa shape index (κ3) is 2.80. The van der Waals surface area contributed by atoms with Gasteiger partial charge in [0, 0.05) is 12.6 Å². The number of nitrogens with one attached hydrogen (secondary N) is 1. The molecule has 0 aliphatic carbocycles. The van der Waals surface area contributed by atoms with Crippen LogP contribution in [-0.2, 0) is 6.54 Å². The van der Waals surface area contributed by atoms with Crippen LogP contribution in [0.25, 0.3) is 10.8 Å². The molecular weight excluding hydrogens is 232 g/mol. The van der Waals surface area contributed by atoms with Gasteiger partial charge in [-0.05, 0) is 49.3 Å². The van der Waals surface area contributed by atoms with Crippen molar-refractivity contribution in [3.05, 3.63) is 48.0 Å². The van der Waals surface area contributed by atoms with Crippen LogP contribution in [0.5, 0.6) is 0 Å². The Kier molecular flexibility index (Phi) is 3.81. The predicted octanol–water partition coefficient (Wildman–Crippen LogP) is 3.02. The monoisotopic (exact) mass is 254 g/mol. The number of hydrogen-bond donors (Lipinski definition) is 1. The zero-order chi connectivity index (χ0) is 13.1. The number of nitrogens with zero attached hydrogens (tertiary/aromatic N) is 1. The molecule has 2 aromatic rings. The Morgan fingerprint density at radius 3 is 2.63 bits per heavy atom. The van der Waals surface area contributed by atoms with Crippen molar-refractivity contribution in [2.45, 2.75) is 25.4 Å². The third-order valence-electron chi connectivity index (χ3n) is 4.23. The fraction of sp³-hybridized carbons (Fsp3) is 0.412. The minimum atomic E-state index is 0.722. The maximum atomic E-state index is 3.44. The molecule has 2 aromatic carbocycles. The maximum absolute atomic E-state index is 3.44. The second-order valence-electron chi connectivity index (χ2n) is 5.53. The largest absolute Gasteiger partial charge is 0.317 e. The topological polar surface area (TPSA) is 15.3 Å². The van der Waals surface area contributed by atoms with Gasteiger partial charge in [0.1, 0.15) is 0 Å². The van der Waals surface area contributed by atoms with Crippen LogP contribution in [0.15, 0.2) is 42.5 Å². The van der Waals surface area contributed by atoms with Crippen molar-refractivity contribution >= 4 is 10.8 Å². The average Bonchev–Trinajstić information content (AvgIpc) is 2.48. The lowest BCUT2D eigenvalue weighted by Gasteiger charge is -2.31. The zero-order valence-electron chi connectivity index (χ0n) is 11.6. The van der Waals surface area contributed by atoms with E-state index in [0.29, 0.717) is 0 Å². The van der Waals surface area contributed by atoms with Crippen LogP contribution in [0.1, 0.15) is 18.4 Å². The first-order valence-corrected chi connectivity index (χ1v) is 7.22. The number of hydrogen-bond acceptors (Lipinski definition) is 2. The van der Waals surface area contributed by atoms with Gasteiger partial charge in [-0.3, -0.25) is 4.90 Å². The van der Waals surface area contributed by atoms with Crippen molar-refractivity contribution in [3.63, 3.8) is 0 Å². The lowest BCUT2D eigenvalue weighted by molar-refractivity contribution is 0.192. The van der Waals surface area contributed by atoms with E-state index in [0.717, 1.165) is 25.7 Å². The summed E-state index contributed by atoms with van der Waals surface area (Å²) in [6, 6.07) is 16.0. The van der Waals surface area contributed by atoms with Crippen molar-refractivity contribution in [1.29, 1.82) is 0 Å². The molecule has 0 radical (unpaired) electrons. The summed E-state index contributed by atoms with van der Waals surface area (Å²) in [5.41, 5.74) is 1.44. The molecule has 2 heteroatoms. The zero-order valence-corrected chi connectivity index (χ0v) is 11.6. The van der Waals surface area contributed by atoms with E-state index in [1.807, 2.05) is 0 Å². The molecule has 1 N–H and O–H groups in total. The highest BCUT2D eigenvalue weighted by atomic mass is 15.1. The number of benzene rings is 2. The molecule has 2 nitrogen and oxygen atoms in total. The van der Waals surface area contributed by atoms with Gasteiger partial charge in [0.2, 0.25) is 0 Å². The highest BCUT2D eigenvalue weighted by molar-refractivity contribution is 5.85. The first kappa shape index (κ1) is 12.6. The molecule has 1 aliphatic heterocycles. The molecule has 0 atom stereocenters. The minimum Gasteiger partial charge on any atom is -0.317 e. The molecule has 19 heavy (non-hydrogen) atoms. The average molecular weight is 254 g/mol. The summed E-state index contributed by atoms with van der Waals surface area (Å²) in [7, 11) is 2.26. The Hall–Kier alpha value is -1.38. The minimum absolute atomic E-state index is 0.722. The van der Waals surface area contributed by atoms with Crippen LogP contribution in [-0.4, -0.2) is 31.1 Å². The second-order valence-corrected chi connectivity index (χ2v) is 5.53. The van der Waals surface area contributed by atoms with Gasteiger partial charge in [-0.1, -0.05) is 42.5 Å². The molecule has 1 saturated heterocycles. The van der Waals surface area contributed by atoms with Crippen LogP contribution < -0.4 is 5.32 Å². The summed E-state index contributed by atoms with van der Waals surface area (Å²) in [4.78, 5) is 2.52. The molecule has 0 unspecified atom stereocenters. The summed E-state index contributed by atoms with van der Waals surface area (Å²) in [5.74, 6) is 0. The smallest absolute Gasteiger partial charge is 0.0239 e. The van der Waals surface area contributed by atoms with Gasteiger partial charge in [0.15, 0.2) is 0 Å². The summed E-state index contributed by atoms with van der Waals surface area (Å²) in [5, 5.41) is 6.18. The summed E-state index contributed by atoms with van der Waals surface area (Å²) in [6.45, 7) is 3.36. The van der Waals surface area contributed by atoms with E-state index in [-0.39, 0.29) is 0 Å². The summed E-state index contributed by atoms with van der Waals surface area (Å²) in [6.07, 6.45) is 2.53. The molecular formula is C17H22N2. The molecule has 3 rings (SSSR count). The van der Waals surface area contributed by atoms with Gasteiger partial charge in [-0.15, -0.1) is 0 Å². The number of fused-ring (bicyclic) bond motifs is 1. The van der Waals surface area contributed by atoms with Crippen molar-refractivity contribution in [3.8, 4) is 0 Å². The normalized spacial score (nSPS) is 17.2. The van der Waals surface area contributed by atoms with Gasteiger partial charge < -0.3 is 5.32 Å². The SMILES string of the molecule is CN(Cc1cccc2ccccc12)C1CCNCC1. The van der Waals surface area contributed by atoms with Crippen molar-refractivity contribution in [2.75, 3.05) is 20.1 Å². The Labute approximate surface area is 115 Å². The van der Waals surface area contributed by atoms with E-state index in [2.05, 4.69) is 59.7 Å². The first-order chi connectivity index (χ1) is 9.34. The van der Waals surface area contributed by atoms with E-state index in [1.165, 1.54) is 29.2 Å². The summed E-state index contributed by atoms with van der Waals surface area (Å²) < 4.78 is 0. The maximum Gasteiger partial charge on any atom is 0.0239 e.